The van der Waals surface area contributed by atoms with Crippen LogP contribution in [-0.4, -0.2) is 33.9 Å². The molecule has 24 heavy (non-hydrogen) atoms. The topological polar surface area (TPSA) is 88.4 Å². The number of urea groups is 1. The van der Waals surface area contributed by atoms with Gasteiger partial charge in [-0.2, -0.15) is 0 Å². The number of amides is 2. The molecule has 8 heteroatoms. The van der Waals surface area contributed by atoms with Crippen LogP contribution < -0.4 is 5.32 Å². The van der Waals surface area contributed by atoms with E-state index >= 15 is 0 Å². The molecule has 1 aromatic carbocycles. The molecule has 0 bridgehead atoms. The first-order chi connectivity index (χ1) is 11.5. The summed E-state index contributed by atoms with van der Waals surface area (Å²) < 4.78 is 0. The number of aryl methyl sites for hydroxylation is 1. The summed E-state index contributed by atoms with van der Waals surface area (Å²) >= 11 is 1.60. The second-order valence-corrected chi connectivity index (χ2v) is 6.78. The van der Waals surface area contributed by atoms with Crippen LogP contribution in [0.15, 0.2) is 23.6 Å². The molecule has 0 aliphatic carbocycles. The number of nitro benzene ring substituents is 1. The Morgan fingerprint density at radius 2 is 2.29 bits per heavy atom. The van der Waals surface area contributed by atoms with E-state index in [0.717, 1.165) is 21.8 Å². The van der Waals surface area contributed by atoms with Gasteiger partial charge in [0.05, 0.1) is 15.6 Å². The molecular formula is C16H18N4O3S. The Kier molecular flexibility index (Phi) is 4.75. The zero-order valence-electron chi connectivity index (χ0n) is 13.3. The number of benzene rings is 1. The molecule has 0 fully saturated rings. The second-order valence-electron chi connectivity index (χ2n) is 5.72. The number of aromatic nitrogens is 1. The molecule has 2 amide bonds. The summed E-state index contributed by atoms with van der Waals surface area (Å²) in [7, 11) is 0. The molecule has 0 saturated carbocycles. The third kappa shape index (κ3) is 3.70. The highest BCUT2D eigenvalue weighted by Gasteiger charge is 2.22. The van der Waals surface area contributed by atoms with Crippen LogP contribution in [0.3, 0.4) is 0 Å². The number of non-ortho nitro benzene ring substituents is 1. The van der Waals surface area contributed by atoms with Crippen LogP contribution in [0.4, 0.5) is 10.5 Å². The van der Waals surface area contributed by atoms with Crippen molar-refractivity contribution in [1.82, 2.24) is 15.2 Å². The highest BCUT2D eigenvalue weighted by Crippen LogP contribution is 2.23. The van der Waals surface area contributed by atoms with Crippen molar-refractivity contribution >= 4 is 23.1 Å². The minimum Gasteiger partial charge on any atom is -0.338 e. The number of nitrogens with one attached hydrogen (secondary N) is 1. The Hall–Kier alpha value is -2.48. The smallest absolute Gasteiger partial charge is 0.317 e. The number of rotatable bonds is 4. The van der Waals surface area contributed by atoms with Gasteiger partial charge in [-0.05, 0) is 24.5 Å². The van der Waals surface area contributed by atoms with Crippen molar-refractivity contribution in [2.75, 3.05) is 13.1 Å². The fourth-order valence-corrected chi connectivity index (χ4v) is 3.41. The molecule has 0 atom stereocenters. The molecule has 2 aromatic rings. The van der Waals surface area contributed by atoms with Gasteiger partial charge in [0.15, 0.2) is 0 Å². The molecule has 1 aliphatic heterocycles. The lowest BCUT2D eigenvalue weighted by molar-refractivity contribution is -0.385. The van der Waals surface area contributed by atoms with Gasteiger partial charge in [-0.1, -0.05) is 6.07 Å². The molecule has 0 saturated heterocycles. The molecule has 3 rings (SSSR count). The third-order valence-electron chi connectivity index (χ3n) is 4.02. The van der Waals surface area contributed by atoms with E-state index in [-0.39, 0.29) is 11.7 Å². The highest BCUT2D eigenvalue weighted by molar-refractivity contribution is 7.09. The number of nitrogens with zero attached hydrogens (tertiary/aromatic N) is 3. The van der Waals surface area contributed by atoms with Crippen LogP contribution in [0.1, 0.15) is 21.8 Å². The molecular weight excluding hydrogens is 328 g/mol. The average Bonchev–Trinajstić information content (AvgIpc) is 2.99. The van der Waals surface area contributed by atoms with E-state index in [2.05, 4.69) is 10.3 Å². The standard InChI is InChI=1S/C16H18N4O3S/c1-11-18-14(10-24-11)4-6-17-16(21)19-7-5-12-2-3-15(20(22)23)8-13(12)9-19/h2-3,8,10H,4-7,9H2,1H3,(H,17,21). The number of carbonyl (C=O) groups excluding carboxylic acids is 1. The Bertz CT molecular complexity index is 774. The molecule has 1 aromatic heterocycles. The summed E-state index contributed by atoms with van der Waals surface area (Å²) in [5.41, 5.74) is 2.97. The van der Waals surface area contributed by atoms with E-state index in [9.17, 15) is 14.9 Å². The molecule has 126 valence electrons. The predicted octanol–water partition coefficient (Wildman–Crippen LogP) is 2.67. The van der Waals surface area contributed by atoms with Gasteiger partial charge in [-0.15, -0.1) is 11.3 Å². The zero-order valence-corrected chi connectivity index (χ0v) is 14.1. The van der Waals surface area contributed by atoms with Gasteiger partial charge >= 0.3 is 6.03 Å². The van der Waals surface area contributed by atoms with Gasteiger partial charge in [0, 0.05) is 43.6 Å². The molecule has 0 spiro atoms. The Morgan fingerprint density at radius 3 is 3.00 bits per heavy atom. The fraction of sp³-hybridized carbons (Fsp3) is 0.375. The zero-order chi connectivity index (χ0) is 17.1. The predicted molar refractivity (Wildman–Crippen MR) is 91.2 cm³/mol. The summed E-state index contributed by atoms with van der Waals surface area (Å²) in [5, 5.41) is 16.8. The van der Waals surface area contributed by atoms with Gasteiger partial charge < -0.3 is 10.2 Å². The van der Waals surface area contributed by atoms with E-state index in [4.69, 9.17) is 0 Å². The number of nitro groups is 1. The Balaban J connectivity index is 1.56. The van der Waals surface area contributed by atoms with Crippen molar-refractivity contribution in [2.45, 2.75) is 26.3 Å². The third-order valence-corrected chi connectivity index (χ3v) is 4.85. The van der Waals surface area contributed by atoms with Crippen LogP contribution in [0, 0.1) is 17.0 Å². The molecule has 0 unspecified atom stereocenters. The van der Waals surface area contributed by atoms with Crippen LogP contribution in [0.2, 0.25) is 0 Å². The number of carbonyl (C=O) groups is 1. The largest absolute Gasteiger partial charge is 0.338 e. The highest BCUT2D eigenvalue weighted by atomic mass is 32.1. The number of fused-ring (bicyclic) bond motifs is 1. The Labute approximate surface area is 143 Å². The summed E-state index contributed by atoms with van der Waals surface area (Å²) in [4.78, 5) is 28.8. The molecule has 1 aliphatic rings. The van der Waals surface area contributed by atoms with Crippen molar-refractivity contribution in [3.05, 3.63) is 55.5 Å². The monoisotopic (exact) mass is 346 g/mol. The first-order valence-corrected chi connectivity index (χ1v) is 8.61. The van der Waals surface area contributed by atoms with Gasteiger partial charge in [0.2, 0.25) is 0 Å². The van der Waals surface area contributed by atoms with Gasteiger partial charge in [-0.3, -0.25) is 10.1 Å². The maximum Gasteiger partial charge on any atom is 0.317 e. The number of hydrogen-bond donors (Lipinski definition) is 1. The van der Waals surface area contributed by atoms with Crippen molar-refractivity contribution in [3.63, 3.8) is 0 Å². The van der Waals surface area contributed by atoms with Gasteiger partial charge in [0.25, 0.3) is 5.69 Å². The van der Waals surface area contributed by atoms with Crippen LogP contribution >= 0.6 is 11.3 Å². The van der Waals surface area contributed by atoms with E-state index in [1.54, 1.807) is 28.4 Å². The minimum atomic E-state index is -0.408. The number of hydrogen-bond acceptors (Lipinski definition) is 5. The van der Waals surface area contributed by atoms with Crippen molar-refractivity contribution in [2.24, 2.45) is 0 Å². The number of thiazole rings is 1. The summed E-state index contributed by atoms with van der Waals surface area (Å²) in [6.45, 7) is 3.50. The molecule has 1 N–H and O–H groups in total. The van der Waals surface area contributed by atoms with Crippen LogP contribution in [0.25, 0.3) is 0 Å². The van der Waals surface area contributed by atoms with Crippen LogP contribution in [0.5, 0.6) is 0 Å². The molecule has 7 nitrogen and oxygen atoms in total. The SMILES string of the molecule is Cc1nc(CCNC(=O)N2CCc3ccc([N+](=O)[O-])cc3C2)cs1. The van der Waals surface area contributed by atoms with E-state index < -0.39 is 4.92 Å². The van der Waals surface area contributed by atoms with Crippen molar-refractivity contribution in [1.29, 1.82) is 0 Å². The summed E-state index contributed by atoms with van der Waals surface area (Å²) in [6.07, 6.45) is 1.41. The van der Waals surface area contributed by atoms with E-state index in [0.29, 0.717) is 32.5 Å². The fourth-order valence-electron chi connectivity index (χ4n) is 2.76. The van der Waals surface area contributed by atoms with Crippen molar-refractivity contribution < 1.29 is 9.72 Å². The van der Waals surface area contributed by atoms with Gasteiger partial charge in [0.1, 0.15) is 0 Å². The molecule has 2 heterocycles. The van der Waals surface area contributed by atoms with Crippen molar-refractivity contribution in [3.8, 4) is 0 Å². The maximum atomic E-state index is 12.3. The lowest BCUT2D eigenvalue weighted by Crippen LogP contribution is -2.43. The average molecular weight is 346 g/mol. The minimum absolute atomic E-state index is 0.0647. The maximum absolute atomic E-state index is 12.3. The lowest BCUT2D eigenvalue weighted by atomic mass is 9.99. The summed E-state index contributed by atoms with van der Waals surface area (Å²) in [6, 6.07) is 4.73. The normalized spacial score (nSPS) is 13.5. The van der Waals surface area contributed by atoms with E-state index in [1.807, 2.05) is 12.3 Å². The quantitative estimate of drug-likeness (QED) is 0.681. The molecule has 0 radical (unpaired) electrons. The second kappa shape index (κ2) is 6.96. The lowest BCUT2D eigenvalue weighted by Gasteiger charge is -2.28. The van der Waals surface area contributed by atoms with Crippen LogP contribution in [-0.2, 0) is 19.4 Å². The first kappa shape index (κ1) is 16.4. The first-order valence-electron chi connectivity index (χ1n) is 7.73. The Morgan fingerprint density at radius 1 is 1.46 bits per heavy atom. The van der Waals surface area contributed by atoms with E-state index in [1.165, 1.54) is 6.07 Å². The van der Waals surface area contributed by atoms with Gasteiger partial charge in [-0.25, -0.2) is 9.78 Å². The summed E-state index contributed by atoms with van der Waals surface area (Å²) in [5.74, 6) is 0.